The van der Waals surface area contributed by atoms with Crippen molar-refractivity contribution in [2.45, 2.75) is 13.2 Å². The average molecular weight is 292 g/mol. The molecule has 4 heteroatoms. The molecule has 0 spiro atoms. The van der Waals surface area contributed by atoms with Crippen LogP contribution < -0.4 is 5.56 Å². The summed E-state index contributed by atoms with van der Waals surface area (Å²) in [6.45, 7) is 0.550. The molecule has 0 aliphatic rings. The molecule has 0 amide bonds. The van der Waals surface area contributed by atoms with Crippen LogP contribution in [-0.4, -0.2) is 14.7 Å². The molecule has 0 saturated heterocycles. The topological polar surface area (TPSA) is 55.1 Å². The maximum Gasteiger partial charge on any atom is 0.250 e. The molecule has 3 rings (SSSR count). The van der Waals surface area contributed by atoms with Crippen molar-refractivity contribution in [1.82, 2.24) is 9.55 Å². The summed E-state index contributed by atoms with van der Waals surface area (Å²) in [4.78, 5) is 16.0. The number of hydrogen-bond donors (Lipinski definition) is 1. The largest absolute Gasteiger partial charge is 0.392 e. The molecule has 0 aliphatic carbocycles. The van der Waals surface area contributed by atoms with Gasteiger partial charge in [-0.1, -0.05) is 30.3 Å². The molecule has 2 aromatic heterocycles. The van der Waals surface area contributed by atoms with Gasteiger partial charge in [0.2, 0.25) is 0 Å². The van der Waals surface area contributed by atoms with E-state index >= 15 is 0 Å². The Kier molecular flexibility index (Phi) is 4.12. The minimum Gasteiger partial charge on any atom is -0.392 e. The highest BCUT2D eigenvalue weighted by Gasteiger charge is 2.02. The molecule has 3 aromatic rings. The van der Waals surface area contributed by atoms with E-state index in [9.17, 15) is 9.90 Å². The molecule has 1 N–H and O–H groups in total. The number of pyridine rings is 2. The van der Waals surface area contributed by atoms with E-state index in [1.807, 2.05) is 36.4 Å². The first-order valence-corrected chi connectivity index (χ1v) is 7.07. The zero-order valence-electron chi connectivity index (χ0n) is 12.0. The first-order chi connectivity index (χ1) is 10.8. The molecule has 1 aromatic carbocycles. The minimum atomic E-state index is -0.0103. The third-order valence-corrected chi connectivity index (χ3v) is 3.51. The summed E-state index contributed by atoms with van der Waals surface area (Å²) in [7, 11) is 0. The summed E-state index contributed by atoms with van der Waals surface area (Å²) < 4.78 is 1.67. The quantitative estimate of drug-likeness (QED) is 0.803. The highest BCUT2D eigenvalue weighted by atomic mass is 16.3. The Labute approximate surface area is 128 Å². The second-order valence-electron chi connectivity index (χ2n) is 5.07. The average Bonchev–Trinajstić information content (AvgIpc) is 2.58. The zero-order valence-corrected chi connectivity index (χ0v) is 12.0. The fourth-order valence-corrected chi connectivity index (χ4v) is 2.30. The molecule has 0 unspecified atom stereocenters. The Morgan fingerprint density at radius 3 is 2.55 bits per heavy atom. The minimum absolute atomic E-state index is 0.00449. The Bertz CT molecular complexity index is 823. The molecule has 110 valence electrons. The summed E-state index contributed by atoms with van der Waals surface area (Å²) in [5.74, 6) is 0. The van der Waals surface area contributed by atoms with E-state index in [1.165, 1.54) is 0 Å². The number of rotatable bonds is 4. The van der Waals surface area contributed by atoms with Crippen LogP contribution in [-0.2, 0) is 13.2 Å². The van der Waals surface area contributed by atoms with E-state index in [0.717, 1.165) is 22.4 Å². The Balaban J connectivity index is 1.83. The van der Waals surface area contributed by atoms with Crippen LogP contribution in [0, 0.1) is 0 Å². The number of nitrogens with zero attached hydrogens (tertiary/aromatic N) is 2. The van der Waals surface area contributed by atoms with Crippen molar-refractivity contribution in [3.8, 4) is 11.3 Å². The Hall–Kier alpha value is -2.72. The van der Waals surface area contributed by atoms with E-state index in [4.69, 9.17) is 0 Å². The van der Waals surface area contributed by atoms with Crippen molar-refractivity contribution in [1.29, 1.82) is 0 Å². The van der Waals surface area contributed by atoms with Gasteiger partial charge in [-0.3, -0.25) is 9.78 Å². The molecular weight excluding hydrogens is 276 g/mol. The molecule has 0 bridgehead atoms. The lowest BCUT2D eigenvalue weighted by atomic mass is 10.1. The van der Waals surface area contributed by atoms with E-state index < -0.39 is 0 Å². The van der Waals surface area contributed by atoms with Gasteiger partial charge in [0.25, 0.3) is 5.56 Å². The number of benzene rings is 1. The van der Waals surface area contributed by atoms with Gasteiger partial charge in [0.1, 0.15) is 0 Å². The Morgan fingerprint density at radius 2 is 1.82 bits per heavy atom. The maximum absolute atomic E-state index is 11.7. The van der Waals surface area contributed by atoms with Crippen molar-refractivity contribution in [3.05, 3.63) is 88.5 Å². The summed E-state index contributed by atoms with van der Waals surface area (Å²) in [6, 6.07) is 16.7. The number of aromatic nitrogens is 2. The zero-order chi connectivity index (χ0) is 15.4. The summed E-state index contributed by atoms with van der Waals surface area (Å²) in [5, 5.41) is 9.18. The molecule has 0 atom stereocenters. The monoisotopic (exact) mass is 292 g/mol. The lowest BCUT2D eigenvalue weighted by molar-refractivity contribution is 0.282. The van der Waals surface area contributed by atoms with Gasteiger partial charge in [-0.05, 0) is 29.3 Å². The standard InChI is InChI=1S/C18H16N2O2/c21-13-15-8-9-19-17(11-15)16-6-4-14(5-7-16)12-20-10-2-1-3-18(20)22/h1-11,21H,12-13H2. The van der Waals surface area contributed by atoms with Crippen molar-refractivity contribution < 1.29 is 5.11 Å². The second kappa shape index (κ2) is 6.37. The summed E-state index contributed by atoms with van der Waals surface area (Å²) in [5.41, 5.74) is 3.69. The van der Waals surface area contributed by atoms with Crippen molar-refractivity contribution in [2.24, 2.45) is 0 Å². The van der Waals surface area contributed by atoms with Crippen LogP contribution in [0.1, 0.15) is 11.1 Å². The van der Waals surface area contributed by atoms with Gasteiger partial charge in [0.15, 0.2) is 0 Å². The van der Waals surface area contributed by atoms with Gasteiger partial charge in [0.05, 0.1) is 18.8 Å². The van der Waals surface area contributed by atoms with Crippen LogP contribution in [0.2, 0.25) is 0 Å². The third-order valence-electron chi connectivity index (χ3n) is 3.51. The van der Waals surface area contributed by atoms with Gasteiger partial charge < -0.3 is 9.67 Å². The van der Waals surface area contributed by atoms with Crippen molar-refractivity contribution in [3.63, 3.8) is 0 Å². The molecule has 4 nitrogen and oxygen atoms in total. The molecule has 22 heavy (non-hydrogen) atoms. The third kappa shape index (κ3) is 3.13. The first-order valence-electron chi connectivity index (χ1n) is 7.07. The smallest absolute Gasteiger partial charge is 0.250 e. The second-order valence-corrected chi connectivity index (χ2v) is 5.07. The van der Waals surface area contributed by atoms with Crippen LogP contribution in [0.4, 0.5) is 0 Å². The van der Waals surface area contributed by atoms with Gasteiger partial charge in [-0.15, -0.1) is 0 Å². The van der Waals surface area contributed by atoms with Crippen LogP contribution in [0.3, 0.4) is 0 Å². The lowest BCUT2D eigenvalue weighted by Gasteiger charge is -2.07. The summed E-state index contributed by atoms with van der Waals surface area (Å²) >= 11 is 0. The molecule has 0 aliphatic heterocycles. The number of hydrogen-bond acceptors (Lipinski definition) is 3. The van der Waals surface area contributed by atoms with E-state index in [1.54, 1.807) is 35.2 Å². The molecule has 2 heterocycles. The van der Waals surface area contributed by atoms with Gasteiger partial charge >= 0.3 is 0 Å². The fraction of sp³-hybridized carbons (Fsp3) is 0.111. The highest BCUT2D eigenvalue weighted by molar-refractivity contribution is 5.60. The highest BCUT2D eigenvalue weighted by Crippen LogP contribution is 2.18. The van der Waals surface area contributed by atoms with Crippen LogP contribution >= 0.6 is 0 Å². The predicted molar refractivity (Wildman–Crippen MR) is 85.4 cm³/mol. The normalized spacial score (nSPS) is 10.6. The van der Waals surface area contributed by atoms with Crippen LogP contribution in [0.15, 0.2) is 71.8 Å². The first kappa shape index (κ1) is 14.2. The van der Waals surface area contributed by atoms with E-state index in [0.29, 0.717) is 6.54 Å². The maximum atomic E-state index is 11.7. The SMILES string of the molecule is O=c1ccccn1Cc1ccc(-c2cc(CO)ccn2)cc1. The molecule has 0 fully saturated rings. The van der Waals surface area contributed by atoms with E-state index in [-0.39, 0.29) is 12.2 Å². The Morgan fingerprint density at radius 1 is 1.00 bits per heavy atom. The molecule has 0 radical (unpaired) electrons. The van der Waals surface area contributed by atoms with Gasteiger partial charge in [0, 0.05) is 24.0 Å². The molecular formula is C18H16N2O2. The summed E-state index contributed by atoms with van der Waals surface area (Å²) in [6.07, 6.45) is 3.47. The van der Waals surface area contributed by atoms with Crippen LogP contribution in [0.5, 0.6) is 0 Å². The lowest BCUT2D eigenvalue weighted by Crippen LogP contribution is -2.18. The van der Waals surface area contributed by atoms with Gasteiger partial charge in [-0.25, -0.2) is 0 Å². The van der Waals surface area contributed by atoms with Gasteiger partial charge in [-0.2, -0.15) is 0 Å². The number of aliphatic hydroxyl groups excluding tert-OH is 1. The molecule has 0 saturated carbocycles. The van der Waals surface area contributed by atoms with E-state index in [2.05, 4.69) is 4.98 Å². The van der Waals surface area contributed by atoms with Crippen molar-refractivity contribution >= 4 is 0 Å². The van der Waals surface area contributed by atoms with Crippen molar-refractivity contribution in [2.75, 3.05) is 0 Å². The van der Waals surface area contributed by atoms with Crippen LogP contribution in [0.25, 0.3) is 11.3 Å². The fourth-order valence-electron chi connectivity index (χ4n) is 2.30. The predicted octanol–water partition coefficient (Wildman–Crippen LogP) is 2.45. The number of aliphatic hydroxyl groups is 1.